The molecule has 0 saturated carbocycles. The molecule has 0 amide bonds. The highest BCUT2D eigenvalue weighted by Crippen LogP contribution is 2.29. The molecule has 1 atom stereocenters. The van der Waals surface area contributed by atoms with Crippen molar-refractivity contribution in [1.82, 2.24) is 24.1 Å². The quantitative estimate of drug-likeness (QED) is 0.267. The maximum absolute atomic E-state index is 12.2. The van der Waals surface area contributed by atoms with Crippen molar-refractivity contribution >= 4 is 39.7 Å². The number of fused-ring (bicyclic) bond motifs is 1. The topological polar surface area (TPSA) is 74.3 Å². The van der Waals surface area contributed by atoms with Gasteiger partial charge in [-0.05, 0) is 37.6 Å². The van der Waals surface area contributed by atoms with E-state index in [1.807, 2.05) is 35.9 Å². The molecule has 3 aromatic heterocycles. The van der Waals surface area contributed by atoms with Crippen molar-refractivity contribution in [2.75, 3.05) is 0 Å². The van der Waals surface area contributed by atoms with Gasteiger partial charge in [0, 0.05) is 35.0 Å². The molecule has 4 rings (SSSR count). The Labute approximate surface area is 192 Å². The zero-order chi connectivity index (χ0) is 22.0. The van der Waals surface area contributed by atoms with Gasteiger partial charge in [0.1, 0.15) is 5.75 Å². The number of aromatic nitrogens is 5. The van der Waals surface area contributed by atoms with Gasteiger partial charge in [0.2, 0.25) is 0 Å². The summed E-state index contributed by atoms with van der Waals surface area (Å²) in [6, 6.07) is 7.06. The highest BCUT2D eigenvalue weighted by atomic mass is 35.5. The number of thiazole rings is 1. The average Bonchev–Trinajstić information content (AvgIpc) is 3.36. The minimum atomic E-state index is -0.327. The molecule has 0 fully saturated rings. The van der Waals surface area contributed by atoms with E-state index in [0.29, 0.717) is 39.0 Å². The van der Waals surface area contributed by atoms with Crippen LogP contribution in [-0.4, -0.2) is 24.1 Å². The molecule has 3 heterocycles. The van der Waals surface area contributed by atoms with Gasteiger partial charge in [0.25, 0.3) is 5.56 Å². The van der Waals surface area contributed by atoms with Gasteiger partial charge in [-0.3, -0.25) is 13.8 Å². The van der Waals surface area contributed by atoms with Gasteiger partial charge in [-0.2, -0.15) is 0 Å². The molecule has 160 valence electrons. The number of benzene rings is 1. The standard InChI is InChI=1S/C21H20ClN5O2S2/c1-4-7-27-19(14(3)29-17-6-5-15(22)10-13(17)2)24-25-21(27)31-12-16-11-18(28)26-8-9-30-20(26)23-16/h4-6,8-11,14H,1,7,12H2,2-3H3. The largest absolute Gasteiger partial charge is 0.482 e. The van der Waals surface area contributed by atoms with Crippen LogP contribution in [0.3, 0.4) is 0 Å². The highest BCUT2D eigenvalue weighted by Gasteiger charge is 2.20. The predicted molar refractivity (Wildman–Crippen MR) is 124 cm³/mol. The van der Waals surface area contributed by atoms with E-state index in [4.69, 9.17) is 16.3 Å². The molecule has 0 N–H and O–H groups in total. The monoisotopic (exact) mass is 473 g/mol. The number of allylic oxidation sites excluding steroid dienone is 1. The molecule has 0 saturated heterocycles. The molecule has 1 unspecified atom stereocenters. The van der Waals surface area contributed by atoms with Crippen LogP contribution in [0.5, 0.6) is 5.75 Å². The summed E-state index contributed by atoms with van der Waals surface area (Å²) in [6.07, 6.45) is 3.19. The normalized spacial score (nSPS) is 12.2. The molecule has 4 aromatic rings. The Morgan fingerprint density at radius 2 is 2.19 bits per heavy atom. The minimum Gasteiger partial charge on any atom is -0.482 e. The summed E-state index contributed by atoms with van der Waals surface area (Å²) < 4.78 is 9.62. The van der Waals surface area contributed by atoms with Gasteiger partial charge in [-0.15, -0.1) is 28.1 Å². The maximum atomic E-state index is 12.2. The molecule has 0 spiro atoms. The number of rotatable bonds is 8. The number of aryl methyl sites for hydroxylation is 1. The Bertz CT molecular complexity index is 1300. The fourth-order valence-corrected chi connectivity index (χ4v) is 4.91. The zero-order valence-electron chi connectivity index (χ0n) is 17.0. The second-order valence-corrected chi connectivity index (χ2v) is 9.09. The molecule has 10 heteroatoms. The molecule has 31 heavy (non-hydrogen) atoms. The minimum absolute atomic E-state index is 0.0875. The van der Waals surface area contributed by atoms with E-state index in [0.717, 1.165) is 11.3 Å². The smallest absolute Gasteiger partial charge is 0.258 e. The lowest BCUT2D eigenvalue weighted by Gasteiger charge is -2.17. The lowest BCUT2D eigenvalue weighted by atomic mass is 10.2. The Morgan fingerprint density at radius 3 is 2.97 bits per heavy atom. The zero-order valence-corrected chi connectivity index (χ0v) is 19.4. The van der Waals surface area contributed by atoms with Gasteiger partial charge >= 0.3 is 0 Å². The molecule has 0 bridgehead atoms. The molecule has 0 aliphatic heterocycles. The van der Waals surface area contributed by atoms with Crippen LogP contribution in [0.2, 0.25) is 5.02 Å². The van der Waals surface area contributed by atoms with E-state index in [2.05, 4.69) is 21.8 Å². The summed E-state index contributed by atoms with van der Waals surface area (Å²) >= 11 is 8.94. The molecule has 7 nitrogen and oxygen atoms in total. The first kappa shape index (κ1) is 21.6. The average molecular weight is 474 g/mol. The second kappa shape index (κ2) is 9.25. The van der Waals surface area contributed by atoms with E-state index in [9.17, 15) is 4.79 Å². The van der Waals surface area contributed by atoms with E-state index >= 15 is 0 Å². The lowest BCUT2D eigenvalue weighted by Crippen LogP contribution is -2.13. The van der Waals surface area contributed by atoms with Crippen LogP contribution in [0.25, 0.3) is 4.96 Å². The Kier molecular flexibility index (Phi) is 6.45. The summed E-state index contributed by atoms with van der Waals surface area (Å²) in [4.78, 5) is 17.4. The molecule has 0 radical (unpaired) electrons. The number of hydrogen-bond donors (Lipinski definition) is 0. The number of thioether (sulfide) groups is 1. The number of ether oxygens (including phenoxy) is 1. The number of hydrogen-bond acceptors (Lipinski definition) is 7. The first-order valence-corrected chi connectivity index (χ1v) is 11.8. The van der Waals surface area contributed by atoms with Crippen molar-refractivity contribution in [2.24, 2.45) is 0 Å². The Hall–Kier alpha value is -2.62. The SMILES string of the molecule is C=CCn1c(SCc2cc(=O)n3ccsc3n2)nnc1C(C)Oc1ccc(Cl)cc1C. The third-order valence-electron chi connectivity index (χ3n) is 4.57. The van der Waals surface area contributed by atoms with Gasteiger partial charge in [-0.1, -0.05) is 29.4 Å². The van der Waals surface area contributed by atoms with Gasteiger partial charge in [-0.25, -0.2) is 4.98 Å². The van der Waals surface area contributed by atoms with E-state index in [1.165, 1.54) is 27.5 Å². The van der Waals surface area contributed by atoms with E-state index in [1.54, 1.807) is 24.4 Å². The summed E-state index contributed by atoms with van der Waals surface area (Å²) in [5.41, 5.74) is 1.56. The lowest BCUT2D eigenvalue weighted by molar-refractivity contribution is 0.209. The van der Waals surface area contributed by atoms with Crippen molar-refractivity contribution < 1.29 is 4.74 Å². The first-order chi connectivity index (χ1) is 15.0. The van der Waals surface area contributed by atoms with Crippen molar-refractivity contribution in [3.05, 3.63) is 81.0 Å². The first-order valence-electron chi connectivity index (χ1n) is 9.51. The molecule has 0 aliphatic rings. The van der Waals surface area contributed by atoms with Crippen LogP contribution in [0, 0.1) is 6.92 Å². The van der Waals surface area contributed by atoms with Crippen LogP contribution < -0.4 is 10.3 Å². The predicted octanol–water partition coefficient (Wildman–Crippen LogP) is 4.93. The van der Waals surface area contributed by atoms with Crippen molar-refractivity contribution in [3.8, 4) is 5.75 Å². The van der Waals surface area contributed by atoms with E-state index in [-0.39, 0.29) is 11.7 Å². The summed E-state index contributed by atoms with van der Waals surface area (Å²) in [5, 5.41) is 11.9. The third-order valence-corrected chi connectivity index (χ3v) is 6.56. The molecular weight excluding hydrogens is 454 g/mol. The van der Waals surface area contributed by atoms with Gasteiger partial charge < -0.3 is 4.74 Å². The molecular formula is C21H20ClN5O2S2. The molecule has 1 aromatic carbocycles. The van der Waals surface area contributed by atoms with Crippen molar-refractivity contribution in [3.63, 3.8) is 0 Å². The second-order valence-electron chi connectivity index (χ2n) is 6.84. The third kappa shape index (κ3) is 4.68. The number of nitrogens with zero attached hydrogens (tertiary/aromatic N) is 5. The Balaban J connectivity index is 1.54. The van der Waals surface area contributed by atoms with Crippen molar-refractivity contribution in [2.45, 2.75) is 37.4 Å². The van der Waals surface area contributed by atoms with E-state index < -0.39 is 0 Å². The van der Waals surface area contributed by atoms with Gasteiger partial charge in [0.05, 0.1) is 5.69 Å². The molecule has 0 aliphatic carbocycles. The highest BCUT2D eigenvalue weighted by molar-refractivity contribution is 7.98. The van der Waals surface area contributed by atoms with Crippen LogP contribution in [0.1, 0.15) is 30.1 Å². The summed E-state index contributed by atoms with van der Waals surface area (Å²) in [6.45, 7) is 8.26. The fourth-order valence-electron chi connectivity index (χ4n) is 3.10. The van der Waals surface area contributed by atoms with Gasteiger partial charge in [0.15, 0.2) is 22.0 Å². The fraction of sp³-hybridized carbons (Fsp3) is 0.238. The number of halogens is 1. The maximum Gasteiger partial charge on any atom is 0.258 e. The summed E-state index contributed by atoms with van der Waals surface area (Å²) in [5.74, 6) is 1.94. The van der Waals surface area contributed by atoms with Crippen LogP contribution >= 0.6 is 34.7 Å². The Morgan fingerprint density at radius 1 is 1.35 bits per heavy atom. The van der Waals surface area contributed by atoms with Crippen LogP contribution in [0.15, 0.2) is 58.4 Å². The summed E-state index contributed by atoms with van der Waals surface area (Å²) in [7, 11) is 0. The van der Waals surface area contributed by atoms with Crippen molar-refractivity contribution in [1.29, 1.82) is 0 Å². The van der Waals surface area contributed by atoms with Crippen LogP contribution in [-0.2, 0) is 12.3 Å². The van der Waals surface area contributed by atoms with Crippen LogP contribution in [0.4, 0.5) is 0 Å².